The summed E-state index contributed by atoms with van der Waals surface area (Å²) in [6.07, 6.45) is 11.9. The lowest BCUT2D eigenvalue weighted by Crippen LogP contribution is -2.29. The van der Waals surface area contributed by atoms with Gasteiger partial charge >= 0.3 is 5.97 Å². The van der Waals surface area contributed by atoms with E-state index in [1.54, 1.807) is 6.21 Å². The zero-order valence-corrected chi connectivity index (χ0v) is 8.89. The summed E-state index contributed by atoms with van der Waals surface area (Å²) < 4.78 is 0. The standard InChI is InChI=1S/C12H14N2O2/c15-12(16)10-7-4-8-13-11(10)14-9-5-2-1-3-6-9/h1-3,5,8-9,14H,4,6-7H2,(H,15,16). The lowest BCUT2D eigenvalue weighted by atomic mass is 10.1. The summed E-state index contributed by atoms with van der Waals surface area (Å²) in [5.74, 6) is -0.376. The first-order valence-electron chi connectivity index (χ1n) is 5.36. The summed E-state index contributed by atoms with van der Waals surface area (Å²) in [4.78, 5) is 15.1. The van der Waals surface area contributed by atoms with Crippen molar-refractivity contribution >= 4 is 12.2 Å². The molecule has 16 heavy (non-hydrogen) atoms. The molecule has 1 heterocycles. The maximum atomic E-state index is 11.0. The Kier molecular flexibility index (Phi) is 3.19. The Morgan fingerprint density at radius 1 is 1.50 bits per heavy atom. The number of rotatable bonds is 3. The van der Waals surface area contributed by atoms with Crippen LogP contribution in [0.4, 0.5) is 0 Å². The average Bonchev–Trinajstić information content (AvgIpc) is 2.31. The maximum Gasteiger partial charge on any atom is 0.335 e. The third-order valence-corrected chi connectivity index (χ3v) is 2.59. The molecule has 0 fully saturated rings. The van der Waals surface area contributed by atoms with E-state index in [-0.39, 0.29) is 6.04 Å². The van der Waals surface area contributed by atoms with Crippen molar-refractivity contribution in [3.05, 3.63) is 35.7 Å². The van der Waals surface area contributed by atoms with Crippen LogP contribution in [0.3, 0.4) is 0 Å². The van der Waals surface area contributed by atoms with Crippen molar-refractivity contribution in [2.75, 3.05) is 0 Å². The van der Waals surface area contributed by atoms with Gasteiger partial charge in [0.2, 0.25) is 0 Å². The first kappa shape index (κ1) is 10.7. The number of carboxylic acids is 1. The van der Waals surface area contributed by atoms with Crippen LogP contribution in [-0.4, -0.2) is 23.3 Å². The van der Waals surface area contributed by atoms with Gasteiger partial charge in [0.05, 0.1) is 5.57 Å². The molecule has 1 atom stereocenters. The minimum atomic E-state index is -0.880. The van der Waals surface area contributed by atoms with Gasteiger partial charge in [0.1, 0.15) is 5.82 Å². The highest BCUT2D eigenvalue weighted by Gasteiger charge is 2.18. The molecule has 1 aliphatic carbocycles. The van der Waals surface area contributed by atoms with Crippen LogP contribution in [0.15, 0.2) is 40.7 Å². The molecule has 0 saturated heterocycles. The molecule has 0 spiro atoms. The Morgan fingerprint density at radius 2 is 2.38 bits per heavy atom. The minimum Gasteiger partial charge on any atom is -0.478 e. The fourth-order valence-electron chi connectivity index (χ4n) is 1.76. The number of nitrogens with zero attached hydrogens (tertiary/aromatic N) is 1. The third kappa shape index (κ3) is 2.39. The molecule has 2 rings (SSSR count). The second-order valence-electron chi connectivity index (χ2n) is 3.78. The molecule has 0 amide bonds. The fourth-order valence-corrected chi connectivity index (χ4v) is 1.76. The molecular weight excluding hydrogens is 204 g/mol. The van der Waals surface area contributed by atoms with E-state index in [0.29, 0.717) is 24.2 Å². The van der Waals surface area contributed by atoms with Crippen molar-refractivity contribution in [3.8, 4) is 0 Å². The zero-order valence-electron chi connectivity index (χ0n) is 8.89. The van der Waals surface area contributed by atoms with E-state index < -0.39 is 5.97 Å². The summed E-state index contributed by atoms with van der Waals surface area (Å²) >= 11 is 0. The molecule has 4 nitrogen and oxygen atoms in total. The van der Waals surface area contributed by atoms with E-state index in [2.05, 4.69) is 10.3 Å². The van der Waals surface area contributed by atoms with E-state index in [1.165, 1.54) is 0 Å². The van der Waals surface area contributed by atoms with Crippen LogP contribution in [0, 0.1) is 0 Å². The number of carbonyl (C=O) groups is 1. The van der Waals surface area contributed by atoms with E-state index in [9.17, 15) is 4.79 Å². The van der Waals surface area contributed by atoms with Crippen LogP contribution in [-0.2, 0) is 4.79 Å². The lowest BCUT2D eigenvalue weighted by molar-refractivity contribution is -0.132. The predicted molar refractivity (Wildman–Crippen MR) is 62.2 cm³/mol. The van der Waals surface area contributed by atoms with Crippen LogP contribution in [0.1, 0.15) is 19.3 Å². The summed E-state index contributed by atoms with van der Waals surface area (Å²) in [7, 11) is 0. The monoisotopic (exact) mass is 218 g/mol. The Balaban J connectivity index is 2.12. The van der Waals surface area contributed by atoms with Gasteiger partial charge in [-0.2, -0.15) is 0 Å². The van der Waals surface area contributed by atoms with Crippen molar-refractivity contribution in [2.24, 2.45) is 4.99 Å². The lowest BCUT2D eigenvalue weighted by Gasteiger charge is -2.20. The summed E-state index contributed by atoms with van der Waals surface area (Å²) in [5, 5.41) is 12.2. The highest BCUT2D eigenvalue weighted by atomic mass is 16.4. The molecule has 0 radical (unpaired) electrons. The normalized spacial score (nSPS) is 23.6. The quantitative estimate of drug-likeness (QED) is 0.756. The summed E-state index contributed by atoms with van der Waals surface area (Å²) in [6.45, 7) is 0. The van der Waals surface area contributed by atoms with Crippen molar-refractivity contribution in [3.63, 3.8) is 0 Å². The second kappa shape index (κ2) is 4.79. The number of aliphatic imine (C=N–C) groups is 1. The van der Waals surface area contributed by atoms with Gasteiger partial charge in [-0.25, -0.2) is 9.79 Å². The van der Waals surface area contributed by atoms with E-state index in [1.807, 2.05) is 24.3 Å². The summed E-state index contributed by atoms with van der Waals surface area (Å²) in [5.41, 5.74) is 0.380. The van der Waals surface area contributed by atoms with Crippen molar-refractivity contribution in [2.45, 2.75) is 25.3 Å². The Hall–Kier alpha value is -1.84. The predicted octanol–water partition coefficient (Wildman–Crippen LogP) is 1.62. The van der Waals surface area contributed by atoms with Crippen LogP contribution in [0.2, 0.25) is 0 Å². The largest absolute Gasteiger partial charge is 0.478 e. The van der Waals surface area contributed by atoms with Crippen molar-refractivity contribution < 1.29 is 9.90 Å². The molecule has 84 valence electrons. The van der Waals surface area contributed by atoms with Gasteiger partial charge in [-0.3, -0.25) is 0 Å². The fraction of sp³-hybridized carbons (Fsp3) is 0.333. The Morgan fingerprint density at radius 3 is 3.06 bits per heavy atom. The molecule has 0 saturated carbocycles. The number of aliphatic carboxylic acids is 1. The van der Waals surface area contributed by atoms with Gasteiger partial charge in [-0.1, -0.05) is 24.3 Å². The first-order chi connectivity index (χ1) is 7.77. The number of hydrogen-bond acceptors (Lipinski definition) is 3. The van der Waals surface area contributed by atoms with E-state index in [0.717, 1.165) is 6.42 Å². The number of allylic oxidation sites excluding steroid dienone is 2. The molecule has 1 aliphatic heterocycles. The molecule has 0 aromatic carbocycles. The molecule has 4 heteroatoms. The smallest absolute Gasteiger partial charge is 0.335 e. The Bertz CT molecular complexity index is 405. The third-order valence-electron chi connectivity index (χ3n) is 2.59. The molecule has 2 N–H and O–H groups in total. The minimum absolute atomic E-state index is 0.143. The van der Waals surface area contributed by atoms with E-state index in [4.69, 9.17) is 5.11 Å². The molecule has 0 aromatic heterocycles. The number of carboxylic acid groups (broad SMARTS) is 1. The number of hydrogen-bond donors (Lipinski definition) is 2. The number of nitrogens with one attached hydrogen (secondary N) is 1. The van der Waals surface area contributed by atoms with Gasteiger partial charge in [0.25, 0.3) is 0 Å². The van der Waals surface area contributed by atoms with Gasteiger partial charge < -0.3 is 10.4 Å². The van der Waals surface area contributed by atoms with Crippen LogP contribution < -0.4 is 5.32 Å². The van der Waals surface area contributed by atoms with Crippen LogP contribution in [0.5, 0.6) is 0 Å². The van der Waals surface area contributed by atoms with Crippen molar-refractivity contribution in [1.82, 2.24) is 5.32 Å². The highest BCUT2D eigenvalue weighted by molar-refractivity contribution is 5.89. The van der Waals surface area contributed by atoms with Gasteiger partial charge in [-0.05, 0) is 19.3 Å². The summed E-state index contributed by atoms with van der Waals surface area (Å²) in [6, 6.07) is 0.143. The second-order valence-corrected chi connectivity index (χ2v) is 3.78. The SMILES string of the molecule is O=C(O)C1=C(NC2C=CC=CC2)N=CCC1. The molecular formula is C12H14N2O2. The van der Waals surface area contributed by atoms with Gasteiger partial charge in [0, 0.05) is 12.3 Å². The maximum absolute atomic E-state index is 11.0. The van der Waals surface area contributed by atoms with Crippen LogP contribution in [0.25, 0.3) is 0 Å². The average molecular weight is 218 g/mol. The highest BCUT2D eigenvalue weighted by Crippen LogP contribution is 2.17. The zero-order chi connectivity index (χ0) is 11.4. The molecule has 2 aliphatic rings. The molecule has 1 unspecified atom stereocenters. The molecule has 0 bridgehead atoms. The van der Waals surface area contributed by atoms with Crippen molar-refractivity contribution in [1.29, 1.82) is 0 Å². The van der Waals surface area contributed by atoms with E-state index >= 15 is 0 Å². The Labute approximate surface area is 94.1 Å². The van der Waals surface area contributed by atoms with Gasteiger partial charge in [-0.15, -0.1) is 0 Å². The topological polar surface area (TPSA) is 61.7 Å². The van der Waals surface area contributed by atoms with Crippen LogP contribution >= 0.6 is 0 Å². The molecule has 0 aromatic rings. The van der Waals surface area contributed by atoms with Gasteiger partial charge in [0.15, 0.2) is 0 Å². The first-order valence-corrected chi connectivity index (χ1v) is 5.36.